The summed E-state index contributed by atoms with van der Waals surface area (Å²) in [4.78, 5) is 17.2. The van der Waals surface area contributed by atoms with Gasteiger partial charge in [0.2, 0.25) is 5.91 Å². The molecule has 0 aromatic heterocycles. The van der Waals surface area contributed by atoms with E-state index in [9.17, 15) is 4.79 Å². The minimum absolute atomic E-state index is 0.124. The molecule has 2 saturated heterocycles. The fourth-order valence-electron chi connectivity index (χ4n) is 5.05. The first kappa shape index (κ1) is 17.2. The van der Waals surface area contributed by atoms with Crippen LogP contribution in [0.3, 0.4) is 0 Å². The monoisotopic (exact) mass is 321 g/mol. The quantitative estimate of drug-likeness (QED) is 0.869. The van der Waals surface area contributed by atoms with E-state index >= 15 is 0 Å². The average molecular weight is 322 g/mol. The van der Waals surface area contributed by atoms with Crippen molar-refractivity contribution in [2.24, 2.45) is 17.1 Å². The zero-order valence-electron chi connectivity index (χ0n) is 15.1. The van der Waals surface area contributed by atoms with Crippen LogP contribution in [-0.4, -0.2) is 54.0 Å². The van der Waals surface area contributed by atoms with Gasteiger partial charge in [0.05, 0.1) is 5.54 Å². The van der Waals surface area contributed by atoms with Crippen molar-refractivity contribution < 1.29 is 4.79 Å². The number of piperidine rings is 1. The molecular weight excluding hydrogens is 286 g/mol. The maximum absolute atomic E-state index is 12.5. The summed E-state index contributed by atoms with van der Waals surface area (Å²) < 4.78 is 0. The highest BCUT2D eigenvalue weighted by Gasteiger charge is 2.44. The number of amides is 1. The van der Waals surface area contributed by atoms with E-state index in [1.165, 1.54) is 64.6 Å². The van der Waals surface area contributed by atoms with Crippen molar-refractivity contribution in [3.05, 3.63) is 0 Å². The van der Waals surface area contributed by atoms with Crippen molar-refractivity contribution in [2.45, 2.75) is 70.8 Å². The minimum Gasteiger partial charge on any atom is -0.340 e. The van der Waals surface area contributed by atoms with Crippen LogP contribution in [0.1, 0.15) is 65.2 Å². The highest BCUT2D eigenvalue weighted by Crippen LogP contribution is 2.40. The molecule has 0 bridgehead atoms. The Morgan fingerprint density at radius 3 is 2.52 bits per heavy atom. The maximum Gasteiger partial charge on any atom is 0.242 e. The molecule has 0 aromatic rings. The minimum atomic E-state index is -0.734. The molecular formula is C19H35N3O. The third-order valence-electron chi connectivity index (χ3n) is 6.26. The molecule has 4 heteroatoms. The Hall–Kier alpha value is -0.610. The summed E-state index contributed by atoms with van der Waals surface area (Å²) >= 11 is 0. The van der Waals surface area contributed by atoms with Gasteiger partial charge in [0.1, 0.15) is 0 Å². The van der Waals surface area contributed by atoms with Gasteiger partial charge in [-0.25, -0.2) is 0 Å². The first-order valence-corrected chi connectivity index (χ1v) is 9.69. The Kier molecular flexibility index (Phi) is 5.03. The molecule has 1 amide bonds. The average Bonchev–Trinajstić information content (AvgIpc) is 2.90. The first-order valence-electron chi connectivity index (χ1n) is 9.69. The van der Waals surface area contributed by atoms with Crippen LogP contribution in [0.2, 0.25) is 0 Å². The van der Waals surface area contributed by atoms with E-state index in [1.54, 1.807) is 0 Å². The molecule has 3 aliphatic rings. The molecule has 0 radical (unpaired) electrons. The Morgan fingerprint density at radius 2 is 1.83 bits per heavy atom. The van der Waals surface area contributed by atoms with Gasteiger partial charge in [-0.3, -0.25) is 4.79 Å². The van der Waals surface area contributed by atoms with Crippen LogP contribution in [0.15, 0.2) is 0 Å². The Labute approximate surface area is 141 Å². The molecule has 4 nitrogen and oxygen atoms in total. The molecule has 2 aliphatic heterocycles. The zero-order valence-corrected chi connectivity index (χ0v) is 15.1. The third kappa shape index (κ3) is 4.08. The fourth-order valence-corrected chi connectivity index (χ4v) is 5.05. The van der Waals surface area contributed by atoms with Gasteiger partial charge in [-0.2, -0.15) is 0 Å². The van der Waals surface area contributed by atoms with Crippen molar-refractivity contribution in [1.29, 1.82) is 0 Å². The second-order valence-corrected chi connectivity index (χ2v) is 9.04. The van der Waals surface area contributed by atoms with Gasteiger partial charge >= 0.3 is 0 Å². The predicted molar refractivity (Wildman–Crippen MR) is 94.1 cm³/mol. The number of carbonyl (C=O) groups is 1. The molecule has 1 aliphatic carbocycles. The van der Waals surface area contributed by atoms with Gasteiger partial charge in [0.15, 0.2) is 0 Å². The van der Waals surface area contributed by atoms with E-state index in [2.05, 4.69) is 4.90 Å². The molecule has 23 heavy (non-hydrogen) atoms. The van der Waals surface area contributed by atoms with Gasteiger partial charge < -0.3 is 15.5 Å². The van der Waals surface area contributed by atoms with E-state index in [4.69, 9.17) is 5.73 Å². The summed E-state index contributed by atoms with van der Waals surface area (Å²) in [5.41, 5.74) is 5.63. The normalized spacial score (nSPS) is 31.0. The molecule has 0 unspecified atom stereocenters. The molecule has 2 heterocycles. The predicted octanol–water partition coefficient (Wildman–Crippen LogP) is 2.62. The number of nitrogens with zero attached hydrogens (tertiary/aromatic N) is 2. The zero-order chi connectivity index (χ0) is 16.5. The van der Waals surface area contributed by atoms with E-state index in [0.29, 0.717) is 5.41 Å². The lowest BCUT2D eigenvalue weighted by molar-refractivity contribution is -0.135. The molecule has 1 spiro atoms. The van der Waals surface area contributed by atoms with Gasteiger partial charge in [0.25, 0.3) is 0 Å². The summed E-state index contributed by atoms with van der Waals surface area (Å²) in [5.74, 6) is 1.04. The van der Waals surface area contributed by atoms with Crippen molar-refractivity contribution in [3.63, 3.8) is 0 Å². The van der Waals surface area contributed by atoms with Crippen LogP contribution in [0.4, 0.5) is 0 Å². The summed E-state index contributed by atoms with van der Waals surface area (Å²) in [5, 5.41) is 0. The summed E-state index contributed by atoms with van der Waals surface area (Å²) in [7, 11) is 0. The second-order valence-electron chi connectivity index (χ2n) is 9.04. The van der Waals surface area contributed by atoms with Crippen molar-refractivity contribution in [1.82, 2.24) is 9.80 Å². The number of carbonyl (C=O) groups excluding carboxylic acids is 1. The largest absolute Gasteiger partial charge is 0.340 e. The number of hydrogen-bond acceptors (Lipinski definition) is 3. The Balaban J connectivity index is 1.56. The Bertz CT molecular complexity index is 425. The van der Waals surface area contributed by atoms with Crippen molar-refractivity contribution >= 4 is 5.91 Å². The van der Waals surface area contributed by atoms with Gasteiger partial charge in [-0.1, -0.05) is 19.3 Å². The smallest absolute Gasteiger partial charge is 0.242 e. The van der Waals surface area contributed by atoms with Crippen LogP contribution in [0.25, 0.3) is 0 Å². The molecule has 1 atom stereocenters. The topological polar surface area (TPSA) is 49.6 Å². The lowest BCUT2D eigenvalue weighted by atomic mass is 9.78. The van der Waals surface area contributed by atoms with Crippen molar-refractivity contribution in [3.8, 4) is 0 Å². The number of nitrogens with two attached hydrogens (primary N) is 1. The molecule has 1 saturated carbocycles. The van der Waals surface area contributed by atoms with E-state index in [0.717, 1.165) is 25.4 Å². The third-order valence-corrected chi connectivity index (χ3v) is 6.26. The van der Waals surface area contributed by atoms with Crippen LogP contribution in [-0.2, 0) is 4.79 Å². The molecule has 0 aromatic carbocycles. The van der Waals surface area contributed by atoms with Gasteiger partial charge in [-0.05, 0) is 58.4 Å². The fraction of sp³-hybridized carbons (Fsp3) is 0.947. The SMILES string of the molecule is CC(C)(N)C(=O)N1CC[C@@]2(CCCN(CC3CCCCC3)C2)C1. The van der Waals surface area contributed by atoms with Crippen molar-refractivity contribution in [2.75, 3.05) is 32.7 Å². The highest BCUT2D eigenvalue weighted by molar-refractivity contribution is 5.85. The molecule has 2 N–H and O–H groups in total. The number of likely N-dealkylation sites (tertiary alicyclic amines) is 2. The summed E-state index contributed by atoms with van der Waals surface area (Å²) in [6.45, 7) is 9.22. The van der Waals surface area contributed by atoms with E-state index < -0.39 is 5.54 Å². The summed E-state index contributed by atoms with van der Waals surface area (Å²) in [6.07, 6.45) is 10.9. The standard InChI is InChI=1S/C19H35N3O/c1-18(2,20)17(23)22-12-10-19(15-22)9-6-11-21(14-19)13-16-7-4-3-5-8-16/h16H,3-15,20H2,1-2H3/t19-/m1/s1. The first-order chi connectivity index (χ1) is 10.9. The lowest BCUT2D eigenvalue weighted by Crippen LogP contribution is -2.52. The van der Waals surface area contributed by atoms with E-state index in [-0.39, 0.29) is 5.91 Å². The number of hydrogen-bond donors (Lipinski definition) is 1. The van der Waals surface area contributed by atoms with Crippen LogP contribution in [0, 0.1) is 11.3 Å². The van der Waals surface area contributed by atoms with Gasteiger partial charge in [-0.15, -0.1) is 0 Å². The van der Waals surface area contributed by atoms with Crippen LogP contribution >= 0.6 is 0 Å². The lowest BCUT2D eigenvalue weighted by Gasteiger charge is -2.42. The van der Waals surface area contributed by atoms with Crippen LogP contribution in [0.5, 0.6) is 0 Å². The van der Waals surface area contributed by atoms with Crippen LogP contribution < -0.4 is 5.73 Å². The maximum atomic E-state index is 12.5. The van der Waals surface area contributed by atoms with E-state index in [1.807, 2.05) is 18.7 Å². The number of rotatable bonds is 3. The molecule has 3 fully saturated rings. The summed E-state index contributed by atoms with van der Waals surface area (Å²) in [6, 6.07) is 0. The van der Waals surface area contributed by atoms with Gasteiger partial charge in [0, 0.05) is 31.6 Å². The highest BCUT2D eigenvalue weighted by atomic mass is 16.2. The Morgan fingerprint density at radius 1 is 1.09 bits per heavy atom. The molecule has 3 rings (SSSR count). The molecule has 132 valence electrons. The second kappa shape index (κ2) is 6.72.